The van der Waals surface area contributed by atoms with Gasteiger partial charge in [0.15, 0.2) is 4.80 Å². The van der Waals surface area contributed by atoms with Crippen molar-refractivity contribution < 1.29 is 37.0 Å². The van der Waals surface area contributed by atoms with Crippen LogP contribution in [0.1, 0.15) is 24.2 Å². The summed E-state index contributed by atoms with van der Waals surface area (Å²) in [7, 11) is -2.55. The van der Waals surface area contributed by atoms with E-state index in [2.05, 4.69) is 4.99 Å². The number of hydrogen-bond donors (Lipinski definition) is 0. The minimum atomic E-state index is -3.83. The van der Waals surface area contributed by atoms with Crippen LogP contribution in [0.25, 0.3) is 10.2 Å². The van der Waals surface area contributed by atoms with E-state index >= 15 is 0 Å². The van der Waals surface area contributed by atoms with Crippen molar-refractivity contribution >= 4 is 49.5 Å². The quantitative estimate of drug-likeness (QED) is 0.365. The Labute approximate surface area is 235 Å². The van der Waals surface area contributed by atoms with Gasteiger partial charge in [-0.3, -0.25) is 9.59 Å². The standard InChI is InChI=1S/C26H30N4O8S2/c1-4-37-19-8-11-21-22(16-19)39-25(30(21)17-23(31)36-3)27-24(32)18-6-9-20(10-7-18)40(34,35)29-14-12-28(13-15-29)26(33)38-5-2/h6-11,16H,4-5,12-15,17H2,1-3H3. The summed E-state index contributed by atoms with van der Waals surface area (Å²) >= 11 is 1.22. The van der Waals surface area contributed by atoms with E-state index in [0.29, 0.717) is 17.9 Å². The Bertz CT molecular complexity index is 1570. The SMILES string of the molecule is CCOC(=O)N1CCN(S(=O)(=O)c2ccc(C(=O)N=c3sc4cc(OCC)ccc4n3CC(=O)OC)cc2)CC1. The third-order valence-electron chi connectivity index (χ3n) is 6.18. The first-order chi connectivity index (χ1) is 19.2. The zero-order chi connectivity index (χ0) is 28.9. The van der Waals surface area contributed by atoms with E-state index in [0.717, 1.165) is 4.70 Å². The molecular formula is C26H30N4O8S2. The Balaban J connectivity index is 1.56. The van der Waals surface area contributed by atoms with Gasteiger partial charge in [-0.2, -0.15) is 9.30 Å². The van der Waals surface area contributed by atoms with Gasteiger partial charge in [-0.1, -0.05) is 11.3 Å². The van der Waals surface area contributed by atoms with Crippen LogP contribution in [-0.4, -0.2) is 86.7 Å². The summed E-state index contributed by atoms with van der Waals surface area (Å²) in [4.78, 5) is 43.1. The maximum atomic E-state index is 13.1. The summed E-state index contributed by atoms with van der Waals surface area (Å²) in [5.41, 5.74) is 0.873. The van der Waals surface area contributed by atoms with Crippen molar-refractivity contribution in [2.75, 3.05) is 46.5 Å². The number of hydrogen-bond acceptors (Lipinski definition) is 9. The fraction of sp³-hybridized carbons (Fsp3) is 0.385. The van der Waals surface area contributed by atoms with Crippen LogP contribution >= 0.6 is 11.3 Å². The van der Waals surface area contributed by atoms with E-state index in [4.69, 9.17) is 14.2 Å². The first-order valence-electron chi connectivity index (χ1n) is 12.6. The Hall–Kier alpha value is -3.75. The van der Waals surface area contributed by atoms with Crippen molar-refractivity contribution in [1.82, 2.24) is 13.8 Å². The third kappa shape index (κ3) is 6.35. The molecule has 0 unspecified atom stereocenters. The van der Waals surface area contributed by atoms with Gasteiger partial charge in [-0.15, -0.1) is 0 Å². The summed E-state index contributed by atoms with van der Waals surface area (Å²) in [6.45, 7) is 4.89. The molecule has 0 saturated carbocycles. The summed E-state index contributed by atoms with van der Waals surface area (Å²) < 4.78 is 45.3. The van der Waals surface area contributed by atoms with Crippen LogP contribution < -0.4 is 9.54 Å². The van der Waals surface area contributed by atoms with Crippen LogP contribution in [0.5, 0.6) is 5.75 Å². The first kappa shape index (κ1) is 29.2. The number of esters is 1. The van der Waals surface area contributed by atoms with Gasteiger partial charge in [0.05, 0.1) is 35.4 Å². The highest BCUT2D eigenvalue weighted by Gasteiger charge is 2.30. The molecule has 0 spiro atoms. The average molecular weight is 591 g/mol. The highest BCUT2D eigenvalue weighted by atomic mass is 32.2. The Morgan fingerprint density at radius 2 is 1.68 bits per heavy atom. The summed E-state index contributed by atoms with van der Waals surface area (Å²) in [6.07, 6.45) is -0.465. The molecule has 1 aromatic heterocycles. The minimum Gasteiger partial charge on any atom is -0.494 e. The first-order valence-corrected chi connectivity index (χ1v) is 14.9. The molecule has 12 nitrogen and oxygen atoms in total. The van der Waals surface area contributed by atoms with Crippen LogP contribution in [0.2, 0.25) is 0 Å². The fourth-order valence-corrected chi connectivity index (χ4v) is 6.62. The van der Waals surface area contributed by atoms with Crippen LogP contribution in [-0.2, 0) is 30.8 Å². The van der Waals surface area contributed by atoms with Gasteiger partial charge in [0, 0.05) is 31.7 Å². The molecule has 2 aromatic carbocycles. The molecule has 14 heteroatoms. The van der Waals surface area contributed by atoms with E-state index in [1.807, 2.05) is 13.0 Å². The van der Waals surface area contributed by atoms with Gasteiger partial charge >= 0.3 is 12.1 Å². The lowest BCUT2D eigenvalue weighted by molar-refractivity contribution is -0.141. The molecule has 40 heavy (non-hydrogen) atoms. The second-order valence-electron chi connectivity index (χ2n) is 8.64. The molecule has 214 valence electrons. The van der Waals surface area contributed by atoms with Crippen molar-refractivity contribution in [2.24, 2.45) is 4.99 Å². The van der Waals surface area contributed by atoms with Gasteiger partial charge in [-0.25, -0.2) is 13.2 Å². The highest BCUT2D eigenvalue weighted by Crippen LogP contribution is 2.24. The molecule has 1 aliphatic rings. The van der Waals surface area contributed by atoms with Gasteiger partial charge in [0.1, 0.15) is 12.3 Å². The van der Waals surface area contributed by atoms with E-state index < -0.39 is 28.0 Å². The highest BCUT2D eigenvalue weighted by molar-refractivity contribution is 7.89. The molecule has 0 N–H and O–H groups in total. The van der Waals surface area contributed by atoms with Crippen molar-refractivity contribution in [3.63, 3.8) is 0 Å². The van der Waals surface area contributed by atoms with Crippen LogP contribution in [0.15, 0.2) is 52.4 Å². The molecule has 4 rings (SSSR count). The number of nitrogens with zero attached hydrogens (tertiary/aromatic N) is 4. The number of carbonyl (C=O) groups is 3. The van der Waals surface area contributed by atoms with Crippen molar-refractivity contribution in [3.8, 4) is 5.75 Å². The fourth-order valence-electron chi connectivity index (χ4n) is 4.14. The van der Waals surface area contributed by atoms with Gasteiger partial charge in [0.2, 0.25) is 10.0 Å². The van der Waals surface area contributed by atoms with Gasteiger partial charge in [0.25, 0.3) is 5.91 Å². The molecule has 0 radical (unpaired) electrons. The van der Waals surface area contributed by atoms with Crippen molar-refractivity contribution in [2.45, 2.75) is 25.3 Å². The zero-order valence-corrected chi connectivity index (χ0v) is 24.0. The number of fused-ring (bicyclic) bond motifs is 1. The van der Waals surface area contributed by atoms with E-state index in [9.17, 15) is 22.8 Å². The normalized spacial score (nSPS) is 14.8. The molecule has 2 amide bonds. The van der Waals surface area contributed by atoms with Crippen molar-refractivity contribution in [3.05, 3.63) is 52.8 Å². The number of sulfonamides is 1. The molecule has 2 heterocycles. The van der Waals surface area contributed by atoms with E-state index in [1.165, 1.54) is 51.9 Å². The zero-order valence-electron chi connectivity index (χ0n) is 22.4. The molecule has 0 atom stereocenters. The molecule has 3 aromatic rings. The summed E-state index contributed by atoms with van der Waals surface area (Å²) in [5.74, 6) is -0.444. The van der Waals surface area contributed by atoms with Crippen LogP contribution in [0, 0.1) is 0 Å². The summed E-state index contributed by atoms with van der Waals surface area (Å²) in [6, 6.07) is 10.9. The number of carbonyl (C=O) groups excluding carboxylic acids is 3. The van der Waals surface area contributed by atoms with Crippen molar-refractivity contribution in [1.29, 1.82) is 0 Å². The average Bonchev–Trinajstić information content (AvgIpc) is 3.28. The van der Waals surface area contributed by atoms with Crippen LogP contribution in [0.4, 0.5) is 4.79 Å². The lowest BCUT2D eigenvalue weighted by atomic mass is 10.2. The van der Waals surface area contributed by atoms with Gasteiger partial charge < -0.3 is 23.7 Å². The number of benzene rings is 2. The topological polar surface area (TPSA) is 137 Å². The number of aromatic nitrogens is 1. The predicted molar refractivity (Wildman–Crippen MR) is 147 cm³/mol. The van der Waals surface area contributed by atoms with E-state index in [-0.39, 0.29) is 54.6 Å². The van der Waals surface area contributed by atoms with Gasteiger partial charge in [-0.05, 0) is 56.3 Å². The lowest BCUT2D eigenvalue weighted by Crippen LogP contribution is -2.50. The maximum absolute atomic E-state index is 13.1. The minimum absolute atomic E-state index is 0.0275. The molecule has 0 bridgehead atoms. The molecule has 1 saturated heterocycles. The maximum Gasteiger partial charge on any atom is 0.409 e. The molecule has 0 aliphatic carbocycles. The number of methoxy groups -OCH3 is 1. The third-order valence-corrected chi connectivity index (χ3v) is 9.14. The number of amides is 2. The number of thiazole rings is 1. The second-order valence-corrected chi connectivity index (χ2v) is 11.6. The predicted octanol–water partition coefficient (Wildman–Crippen LogP) is 2.48. The van der Waals surface area contributed by atoms with Crippen LogP contribution in [0.3, 0.4) is 0 Å². The number of piperazine rings is 1. The lowest BCUT2D eigenvalue weighted by Gasteiger charge is -2.33. The molecule has 1 fully saturated rings. The molecule has 1 aliphatic heterocycles. The number of rotatable bonds is 8. The molecular weight excluding hydrogens is 560 g/mol. The summed E-state index contributed by atoms with van der Waals surface area (Å²) in [5, 5.41) is 0. The second kappa shape index (κ2) is 12.6. The smallest absolute Gasteiger partial charge is 0.409 e. The Morgan fingerprint density at radius 1 is 0.975 bits per heavy atom. The largest absolute Gasteiger partial charge is 0.494 e. The van der Waals surface area contributed by atoms with E-state index in [1.54, 1.807) is 23.6 Å². The number of ether oxygens (including phenoxy) is 3. The monoisotopic (exact) mass is 590 g/mol. The Morgan fingerprint density at radius 3 is 2.30 bits per heavy atom. The Kier molecular flexibility index (Phi) is 9.22.